The number of nitrogens with one attached hydrogen (secondary N) is 1. The fourth-order valence-electron chi connectivity index (χ4n) is 10.4. The Morgan fingerprint density at radius 2 is 1.02 bits per heavy atom. The van der Waals surface area contributed by atoms with Crippen LogP contribution >= 0.6 is 0 Å². The number of rotatable bonds is 4. The normalized spacial score (nSPS) is 16.9. The van der Waals surface area contributed by atoms with Gasteiger partial charge in [-0.15, -0.1) is 0 Å². The third kappa shape index (κ3) is 4.91. The smallest absolute Gasteiger partial charge is 0.134 e. The van der Waals surface area contributed by atoms with Crippen LogP contribution in [0.15, 0.2) is 199 Å². The number of para-hydroxylation sites is 1. The van der Waals surface area contributed by atoms with Crippen LogP contribution in [-0.2, 0) is 10.8 Å². The highest BCUT2D eigenvalue weighted by Gasteiger charge is 2.51. The maximum atomic E-state index is 6.74. The molecule has 0 fully saturated rings. The second kappa shape index (κ2) is 12.6. The summed E-state index contributed by atoms with van der Waals surface area (Å²) in [5.74, 6) is 2.65. The third-order valence-corrected chi connectivity index (χ3v) is 13.2. The van der Waals surface area contributed by atoms with Gasteiger partial charge in [0.1, 0.15) is 17.3 Å². The number of aliphatic imine (C=N–C) groups is 1. The van der Waals surface area contributed by atoms with Crippen molar-refractivity contribution in [3.05, 3.63) is 244 Å². The first-order valence-electron chi connectivity index (χ1n) is 20.6. The Morgan fingerprint density at radius 1 is 0.441 bits per heavy atom. The lowest BCUT2D eigenvalue weighted by molar-refractivity contribution is 0.436. The van der Waals surface area contributed by atoms with Crippen molar-refractivity contribution in [2.45, 2.75) is 30.7 Å². The van der Waals surface area contributed by atoms with Crippen LogP contribution in [0.2, 0.25) is 0 Å². The van der Waals surface area contributed by atoms with Gasteiger partial charge in [-0.25, -0.2) is 4.99 Å². The van der Waals surface area contributed by atoms with Gasteiger partial charge < -0.3 is 10.1 Å². The van der Waals surface area contributed by atoms with Crippen molar-refractivity contribution in [1.82, 2.24) is 5.32 Å². The van der Waals surface area contributed by atoms with Gasteiger partial charge in [0, 0.05) is 27.7 Å². The van der Waals surface area contributed by atoms with Crippen molar-refractivity contribution in [3.63, 3.8) is 0 Å². The standard InChI is InChI=1S/C56H40N2O/c1-55(2)44-22-9-6-19-40(44)43-29-27-39(33-48(43)55)51-34-50(57-54(58-51)35-15-4-3-5-16-35)38-18-14-17-36(31-38)37-28-30-53-49(32-37)56(47-25-12-13-26-52(47)59-53)45-23-10-7-20-41(45)42-21-8-11-24-46(42)56/h3-34,51H,1-2H3,(H,57,58). The highest BCUT2D eigenvalue weighted by Crippen LogP contribution is 2.62. The molecule has 0 saturated heterocycles. The lowest BCUT2D eigenvalue weighted by Gasteiger charge is -2.39. The highest BCUT2D eigenvalue weighted by atomic mass is 16.5. The van der Waals surface area contributed by atoms with Gasteiger partial charge >= 0.3 is 0 Å². The van der Waals surface area contributed by atoms with Crippen LogP contribution in [0.25, 0.3) is 39.1 Å². The van der Waals surface area contributed by atoms with Gasteiger partial charge in [-0.2, -0.15) is 0 Å². The lowest BCUT2D eigenvalue weighted by atomic mass is 9.66. The molecule has 0 amide bonds. The second-order valence-corrected chi connectivity index (χ2v) is 16.7. The Bertz CT molecular complexity index is 3050. The molecule has 59 heavy (non-hydrogen) atoms. The first-order chi connectivity index (χ1) is 29.0. The summed E-state index contributed by atoms with van der Waals surface area (Å²) >= 11 is 0. The molecule has 0 saturated carbocycles. The zero-order chi connectivity index (χ0) is 39.3. The van der Waals surface area contributed by atoms with Crippen molar-refractivity contribution in [1.29, 1.82) is 0 Å². The van der Waals surface area contributed by atoms with Crippen molar-refractivity contribution < 1.29 is 4.74 Å². The fraction of sp³-hybridized carbons (Fsp3) is 0.0893. The molecule has 1 N–H and O–H groups in total. The molecular formula is C56H40N2O. The fourth-order valence-corrected chi connectivity index (χ4v) is 10.4. The number of benzene rings is 8. The van der Waals surface area contributed by atoms with E-state index in [9.17, 15) is 0 Å². The van der Waals surface area contributed by atoms with Gasteiger partial charge in [-0.3, -0.25) is 0 Å². The van der Waals surface area contributed by atoms with Gasteiger partial charge in [-0.1, -0.05) is 178 Å². The van der Waals surface area contributed by atoms with Crippen LogP contribution in [-0.4, -0.2) is 5.84 Å². The Hall–Kier alpha value is -7.23. The molecule has 1 unspecified atom stereocenters. The molecule has 0 radical (unpaired) electrons. The minimum atomic E-state index is -0.517. The maximum Gasteiger partial charge on any atom is 0.134 e. The van der Waals surface area contributed by atoms with E-state index in [0.717, 1.165) is 50.8 Å². The molecule has 12 rings (SSSR count). The summed E-state index contributed by atoms with van der Waals surface area (Å²) < 4.78 is 6.74. The molecule has 2 heterocycles. The molecule has 2 aliphatic carbocycles. The van der Waals surface area contributed by atoms with E-state index in [0.29, 0.717) is 0 Å². The SMILES string of the molecule is CC1(C)c2ccccc2-c2ccc(C3C=C(c4cccc(-c5ccc6c(c5)C5(c7ccccc7O6)c6ccccc6-c6ccccc65)c4)N=C(c4ccccc4)N3)cc21. The van der Waals surface area contributed by atoms with Crippen molar-refractivity contribution in [2.24, 2.45) is 4.99 Å². The molecule has 4 aliphatic rings. The lowest BCUT2D eigenvalue weighted by Crippen LogP contribution is -2.32. The van der Waals surface area contributed by atoms with E-state index < -0.39 is 5.41 Å². The number of ether oxygens (including phenoxy) is 1. The average Bonchev–Trinajstić information content (AvgIpc) is 3.72. The van der Waals surface area contributed by atoms with Crippen LogP contribution < -0.4 is 10.1 Å². The van der Waals surface area contributed by atoms with E-state index in [2.05, 4.69) is 213 Å². The minimum Gasteiger partial charge on any atom is -0.457 e. The van der Waals surface area contributed by atoms with Gasteiger partial charge in [0.15, 0.2) is 0 Å². The molecule has 3 heteroatoms. The predicted octanol–water partition coefficient (Wildman–Crippen LogP) is 13.3. The Morgan fingerprint density at radius 3 is 1.78 bits per heavy atom. The van der Waals surface area contributed by atoms with E-state index in [4.69, 9.17) is 9.73 Å². The first-order valence-corrected chi connectivity index (χ1v) is 20.6. The Labute approximate surface area is 345 Å². The monoisotopic (exact) mass is 756 g/mol. The molecular weight excluding hydrogens is 717 g/mol. The van der Waals surface area contributed by atoms with E-state index in [1.165, 1.54) is 55.6 Å². The van der Waals surface area contributed by atoms with E-state index in [-0.39, 0.29) is 11.5 Å². The molecule has 1 spiro atoms. The Kier molecular flexibility index (Phi) is 7.25. The van der Waals surface area contributed by atoms with E-state index in [1.807, 2.05) is 0 Å². The number of hydrogen-bond acceptors (Lipinski definition) is 3. The average molecular weight is 757 g/mol. The van der Waals surface area contributed by atoms with Crippen LogP contribution in [0, 0.1) is 0 Å². The number of fused-ring (bicyclic) bond motifs is 12. The largest absolute Gasteiger partial charge is 0.457 e. The first kappa shape index (κ1) is 33.9. The highest BCUT2D eigenvalue weighted by molar-refractivity contribution is 6.03. The van der Waals surface area contributed by atoms with Crippen LogP contribution in [0.1, 0.15) is 70.0 Å². The molecule has 0 aromatic heterocycles. The summed E-state index contributed by atoms with van der Waals surface area (Å²) in [4.78, 5) is 5.32. The summed E-state index contributed by atoms with van der Waals surface area (Å²) in [6, 6.07) is 68.2. The van der Waals surface area contributed by atoms with Gasteiger partial charge in [0.25, 0.3) is 0 Å². The topological polar surface area (TPSA) is 33.6 Å². The zero-order valence-corrected chi connectivity index (χ0v) is 32.9. The molecule has 0 bridgehead atoms. The molecule has 8 aromatic rings. The van der Waals surface area contributed by atoms with Gasteiger partial charge in [0.05, 0.1) is 17.2 Å². The van der Waals surface area contributed by atoms with Crippen LogP contribution in [0.5, 0.6) is 11.5 Å². The van der Waals surface area contributed by atoms with Crippen molar-refractivity contribution >= 4 is 11.5 Å². The maximum absolute atomic E-state index is 6.74. The second-order valence-electron chi connectivity index (χ2n) is 16.7. The number of amidine groups is 1. The van der Waals surface area contributed by atoms with E-state index in [1.54, 1.807) is 0 Å². The van der Waals surface area contributed by atoms with Crippen molar-refractivity contribution in [2.75, 3.05) is 0 Å². The summed E-state index contributed by atoms with van der Waals surface area (Å²) in [7, 11) is 0. The van der Waals surface area contributed by atoms with Crippen LogP contribution in [0.3, 0.4) is 0 Å². The molecule has 1 atom stereocenters. The minimum absolute atomic E-state index is 0.0745. The quantitative estimate of drug-likeness (QED) is 0.194. The molecule has 8 aromatic carbocycles. The summed E-state index contributed by atoms with van der Waals surface area (Å²) in [6.45, 7) is 4.69. The summed E-state index contributed by atoms with van der Waals surface area (Å²) in [5, 5.41) is 3.82. The zero-order valence-electron chi connectivity index (χ0n) is 32.9. The number of hydrogen-bond donors (Lipinski definition) is 1. The third-order valence-electron chi connectivity index (χ3n) is 13.2. The molecule has 3 nitrogen and oxygen atoms in total. The molecule has 280 valence electrons. The van der Waals surface area contributed by atoms with Gasteiger partial charge in [-0.05, 0) is 91.5 Å². The predicted molar refractivity (Wildman–Crippen MR) is 240 cm³/mol. The van der Waals surface area contributed by atoms with E-state index >= 15 is 0 Å². The summed E-state index contributed by atoms with van der Waals surface area (Å²) in [5.41, 5.74) is 18.8. The number of nitrogens with zero attached hydrogens (tertiary/aromatic N) is 1. The van der Waals surface area contributed by atoms with Gasteiger partial charge in [0.2, 0.25) is 0 Å². The summed E-state index contributed by atoms with van der Waals surface area (Å²) in [6.07, 6.45) is 2.29. The molecule has 2 aliphatic heterocycles. The van der Waals surface area contributed by atoms with Crippen molar-refractivity contribution in [3.8, 4) is 44.9 Å². The van der Waals surface area contributed by atoms with Crippen LogP contribution in [0.4, 0.5) is 0 Å². The Balaban J connectivity index is 0.988.